The summed E-state index contributed by atoms with van der Waals surface area (Å²) in [5, 5.41) is 8.71. The van der Waals surface area contributed by atoms with Crippen LogP contribution in [0, 0.1) is 5.92 Å². The number of carboxylic acids is 1. The van der Waals surface area contributed by atoms with Crippen LogP contribution in [0.5, 0.6) is 0 Å². The lowest BCUT2D eigenvalue weighted by molar-refractivity contribution is -0.139. The van der Waals surface area contributed by atoms with Crippen LogP contribution in [0.3, 0.4) is 0 Å². The number of aliphatic carboxylic acids is 1. The van der Waals surface area contributed by atoms with Gasteiger partial charge in [0.1, 0.15) is 0 Å². The van der Waals surface area contributed by atoms with Gasteiger partial charge >= 0.3 is 5.97 Å². The predicted molar refractivity (Wildman–Crippen MR) is 78.2 cm³/mol. The van der Waals surface area contributed by atoms with Crippen molar-refractivity contribution in [2.45, 2.75) is 39.7 Å². The molecule has 0 heterocycles. The maximum Gasteiger partial charge on any atom is 0.303 e. The normalized spacial score (nSPS) is 11.9. The van der Waals surface area contributed by atoms with E-state index in [1.807, 2.05) is 44.2 Å². The minimum Gasteiger partial charge on any atom is -0.481 e. The van der Waals surface area contributed by atoms with Gasteiger partial charge in [0.15, 0.2) is 0 Å². The summed E-state index contributed by atoms with van der Waals surface area (Å²) in [7, 11) is 0. The van der Waals surface area contributed by atoms with Crippen LogP contribution in [-0.4, -0.2) is 28.4 Å². The maximum atomic E-state index is 12.3. The van der Waals surface area contributed by atoms with Gasteiger partial charge in [0.25, 0.3) is 0 Å². The smallest absolute Gasteiger partial charge is 0.303 e. The van der Waals surface area contributed by atoms with Crippen LogP contribution >= 0.6 is 0 Å². The lowest BCUT2D eigenvalue weighted by atomic mass is 10.1. The van der Waals surface area contributed by atoms with E-state index in [9.17, 15) is 9.59 Å². The molecule has 1 N–H and O–H groups in total. The Bertz CT molecular complexity index is 431. The zero-order valence-corrected chi connectivity index (χ0v) is 12.2. The second-order valence-electron chi connectivity index (χ2n) is 5.05. The minimum atomic E-state index is -0.819. The molecule has 0 fully saturated rings. The highest BCUT2D eigenvalue weighted by atomic mass is 16.4. The Kier molecular flexibility index (Phi) is 6.77. The number of rotatable bonds is 8. The summed E-state index contributed by atoms with van der Waals surface area (Å²) in [6.07, 6.45) is 1.38. The second kappa shape index (κ2) is 8.35. The first kappa shape index (κ1) is 16.2. The molecule has 0 aliphatic carbocycles. The van der Waals surface area contributed by atoms with Crippen molar-refractivity contribution < 1.29 is 14.7 Å². The van der Waals surface area contributed by atoms with Crippen molar-refractivity contribution in [1.82, 2.24) is 4.90 Å². The lowest BCUT2D eigenvalue weighted by Crippen LogP contribution is -2.35. The molecule has 1 aromatic rings. The summed E-state index contributed by atoms with van der Waals surface area (Å²) in [5.74, 6) is -0.745. The van der Waals surface area contributed by atoms with Crippen molar-refractivity contribution >= 4 is 11.9 Å². The lowest BCUT2D eigenvalue weighted by Gasteiger charge is -2.25. The Labute approximate surface area is 120 Å². The van der Waals surface area contributed by atoms with Crippen molar-refractivity contribution in [3.05, 3.63) is 35.9 Å². The summed E-state index contributed by atoms with van der Waals surface area (Å²) in [6.45, 7) is 4.94. The summed E-state index contributed by atoms with van der Waals surface area (Å²) < 4.78 is 0. The van der Waals surface area contributed by atoms with E-state index in [2.05, 4.69) is 0 Å². The third-order valence-corrected chi connectivity index (χ3v) is 3.38. The SMILES string of the molecule is CCC(C)C(=O)N(CCCC(=O)O)Cc1ccccc1. The minimum absolute atomic E-state index is 0.0245. The molecule has 1 aromatic carbocycles. The summed E-state index contributed by atoms with van der Waals surface area (Å²) in [5.41, 5.74) is 1.07. The zero-order valence-electron chi connectivity index (χ0n) is 12.2. The van der Waals surface area contributed by atoms with E-state index in [-0.39, 0.29) is 18.2 Å². The van der Waals surface area contributed by atoms with Crippen LogP contribution in [0.4, 0.5) is 0 Å². The molecule has 1 unspecified atom stereocenters. The standard InChI is InChI=1S/C16H23NO3/c1-3-13(2)16(20)17(11-7-10-15(18)19)12-14-8-5-4-6-9-14/h4-6,8-9,13H,3,7,10-12H2,1-2H3,(H,18,19). The monoisotopic (exact) mass is 277 g/mol. The number of carbonyl (C=O) groups is 2. The van der Waals surface area contributed by atoms with E-state index in [0.717, 1.165) is 12.0 Å². The van der Waals surface area contributed by atoms with Crippen molar-refractivity contribution in [3.63, 3.8) is 0 Å². The fraction of sp³-hybridized carbons (Fsp3) is 0.500. The van der Waals surface area contributed by atoms with E-state index in [0.29, 0.717) is 19.5 Å². The van der Waals surface area contributed by atoms with Gasteiger partial charge in [-0.3, -0.25) is 9.59 Å². The van der Waals surface area contributed by atoms with Gasteiger partial charge in [-0.05, 0) is 18.4 Å². The second-order valence-corrected chi connectivity index (χ2v) is 5.05. The van der Waals surface area contributed by atoms with E-state index >= 15 is 0 Å². The molecule has 1 atom stereocenters. The fourth-order valence-corrected chi connectivity index (χ4v) is 1.98. The molecule has 20 heavy (non-hydrogen) atoms. The van der Waals surface area contributed by atoms with E-state index in [1.54, 1.807) is 4.90 Å². The molecule has 0 radical (unpaired) electrons. The number of carboxylic acid groups (broad SMARTS) is 1. The molecular weight excluding hydrogens is 254 g/mol. The van der Waals surface area contributed by atoms with Crippen LogP contribution in [0.15, 0.2) is 30.3 Å². The van der Waals surface area contributed by atoms with Crippen molar-refractivity contribution in [3.8, 4) is 0 Å². The Hall–Kier alpha value is -1.84. The molecule has 0 bridgehead atoms. The van der Waals surface area contributed by atoms with Crippen LogP contribution in [-0.2, 0) is 16.1 Å². The predicted octanol–water partition coefficient (Wildman–Crippen LogP) is 2.93. The fourth-order valence-electron chi connectivity index (χ4n) is 1.98. The number of benzene rings is 1. The Morgan fingerprint density at radius 1 is 1.25 bits per heavy atom. The van der Waals surface area contributed by atoms with Gasteiger partial charge in [0, 0.05) is 25.4 Å². The Morgan fingerprint density at radius 3 is 2.45 bits per heavy atom. The largest absolute Gasteiger partial charge is 0.481 e. The first-order chi connectivity index (χ1) is 9.54. The van der Waals surface area contributed by atoms with Crippen LogP contribution < -0.4 is 0 Å². The number of carbonyl (C=O) groups excluding carboxylic acids is 1. The zero-order chi connectivity index (χ0) is 15.0. The quantitative estimate of drug-likeness (QED) is 0.795. The van der Waals surface area contributed by atoms with Gasteiger partial charge in [0.05, 0.1) is 0 Å². The Morgan fingerprint density at radius 2 is 1.90 bits per heavy atom. The van der Waals surface area contributed by atoms with Gasteiger partial charge in [-0.25, -0.2) is 0 Å². The highest BCUT2D eigenvalue weighted by molar-refractivity contribution is 5.78. The molecule has 0 saturated carbocycles. The van der Waals surface area contributed by atoms with Crippen molar-refractivity contribution in [2.24, 2.45) is 5.92 Å². The van der Waals surface area contributed by atoms with Crippen LogP contribution in [0.2, 0.25) is 0 Å². The van der Waals surface area contributed by atoms with Crippen molar-refractivity contribution in [2.75, 3.05) is 6.54 Å². The molecule has 4 heteroatoms. The van der Waals surface area contributed by atoms with Crippen LogP contribution in [0.25, 0.3) is 0 Å². The molecule has 0 aromatic heterocycles. The summed E-state index contributed by atoms with van der Waals surface area (Å²) >= 11 is 0. The average molecular weight is 277 g/mol. The molecule has 1 amide bonds. The number of amides is 1. The van der Waals surface area contributed by atoms with E-state index in [4.69, 9.17) is 5.11 Å². The topological polar surface area (TPSA) is 57.6 Å². The van der Waals surface area contributed by atoms with Gasteiger partial charge in [-0.1, -0.05) is 44.2 Å². The Balaban J connectivity index is 2.68. The number of hydrogen-bond acceptors (Lipinski definition) is 2. The molecule has 0 aliphatic heterocycles. The molecule has 1 rings (SSSR count). The number of hydrogen-bond donors (Lipinski definition) is 1. The third-order valence-electron chi connectivity index (χ3n) is 3.38. The highest BCUT2D eigenvalue weighted by Crippen LogP contribution is 2.12. The maximum absolute atomic E-state index is 12.3. The summed E-state index contributed by atoms with van der Waals surface area (Å²) in [6, 6.07) is 9.79. The highest BCUT2D eigenvalue weighted by Gasteiger charge is 2.19. The number of nitrogens with zero attached hydrogens (tertiary/aromatic N) is 1. The summed E-state index contributed by atoms with van der Waals surface area (Å²) in [4.78, 5) is 24.7. The van der Waals surface area contributed by atoms with Crippen molar-refractivity contribution in [1.29, 1.82) is 0 Å². The van der Waals surface area contributed by atoms with Gasteiger partial charge in [0.2, 0.25) is 5.91 Å². The molecule has 0 saturated heterocycles. The van der Waals surface area contributed by atoms with E-state index < -0.39 is 5.97 Å². The molecule has 110 valence electrons. The van der Waals surface area contributed by atoms with E-state index in [1.165, 1.54) is 0 Å². The molecule has 0 spiro atoms. The third kappa shape index (κ3) is 5.43. The molecule has 0 aliphatic rings. The first-order valence-corrected chi connectivity index (χ1v) is 7.09. The average Bonchev–Trinajstić information content (AvgIpc) is 2.45. The first-order valence-electron chi connectivity index (χ1n) is 7.09. The van der Waals surface area contributed by atoms with Gasteiger partial charge in [-0.2, -0.15) is 0 Å². The van der Waals surface area contributed by atoms with Crippen LogP contribution in [0.1, 0.15) is 38.7 Å². The molecular formula is C16H23NO3. The molecule has 4 nitrogen and oxygen atoms in total. The van der Waals surface area contributed by atoms with Gasteiger partial charge < -0.3 is 10.0 Å². The van der Waals surface area contributed by atoms with Gasteiger partial charge in [-0.15, -0.1) is 0 Å².